The lowest BCUT2D eigenvalue weighted by molar-refractivity contribution is 0.0697. The highest BCUT2D eigenvalue weighted by Gasteiger charge is 2.12. The van der Waals surface area contributed by atoms with E-state index >= 15 is 0 Å². The third-order valence-corrected chi connectivity index (χ3v) is 3.16. The monoisotopic (exact) mass is 261 g/mol. The first-order valence-corrected chi connectivity index (χ1v) is 6.40. The first-order valence-electron chi connectivity index (χ1n) is 6.40. The molecule has 2 rings (SSSR count). The highest BCUT2D eigenvalue weighted by molar-refractivity contribution is 5.92. The normalized spacial score (nSPS) is 11.4. The van der Waals surface area contributed by atoms with Crippen molar-refractivity contribution in [1.82, 2.24) is 14.5 Å². The summed E-state index contributed by atoms with van der Waals surface area (Å²) >= 11 is 0. The van der Waals surface area contributed by atoms with Crippen LogP contribution in [0.15, 0.2) is 18.2 Å². The summed E-state index contributed by atoms with van der Waals surface area (Å²) in [5, 5.41) is 9.08. The number of aromatic nitrogens is 2. The summed E-state index contributed by atoms with van der Waals surface area (Å²) in [6, 6.07) is 5.09. The van der Waals surface area contributed by atoms with Gasteiger partial charge in [0, 0.05) is 19.5 Å². The molecule has 0 aliphatic carbocycles. The number of rotatable bonds is 5. The van der Waals surface area contributed by atoms with Gasteiger partial charge in [-0.3, -0.25) is 0 Å². The second-order valence-corrected chi connectivity index (χ2v) is 4.85. The molecule has 5 heteroatoms. The van der Waals surface area contributed by atoms with Crippen molar-refractivity contribution in [3.63, 3.8) is 0 Å². The fraction of sp³-hybridized carbons (Fsp3) is 0.429. The van der Waals surface area contributed by atoms with Crippen molar-refractivity contribution < 1.29 is 9.90 Å². The molecule has 0 amide bonds. The van der Waals surface area contributed by atoms with Crippen LogP contribution in [-0.4, -0.2) is 46.2 Å². The lowest BCUT2D eigenvalue weighted by Gasteiger charge is -2.12. The van der Waals surface area contributed by atoms with Crippen molar-refractivity contribution in [2.45, 2.75) is 19.9 Å². The number of nitrogens with zero attached hydrogens (tertiary/aromatic N) is 3. The van der Waals surface area contributed by atoms with Gasteiger partial charge in [0.2, 0.25) is 0 Å². The molecule has 1 aromatic carbocycles. The number of aromatic carboxylic acids is 1. The van der Waals surface area contributed by atoms with Crippen LogP contribution in [0.25, 0.3) is 11.0 Å². The Hall–Kier alpha value is -1.88. The Kier molecular flexibility index (Phi) is 3.85. The molecule has 0 fully saturated rings. The second-order valence-electron chi connectivity index (χ2n) is 4.85. The second kappa shape index (κ2) is 5.40. The summed E-state index contributed by atoms with van der Waals surface area (Å²) in [5.41, 5.74) is 2.07. The Bertz CT molecular complexity index is 602. The van der Waals surface area contributed by atoms with Gasteiger partial charge in [-0.05, 0) is 32.3 Å². The zero-order valence-corrected chi connectivity index (χ0v) is 11.6. The van der Waals surface area contributed by atoms with E-state index in [-0.39, 0.29) is 0 Å². The Labute approximate surface area is 112 Å². The molecule has 0 aliphatic heterocycles. The van der Waals surface area contributed by atoms with Gasteiger partial charge >= 0.3 is 5.97 Å². The van der Waals surface area contributed by atoms with E-state index in [1.165, 1.54) is 0 Å². The van der Waals surface area contributed by atoms with E-state index in [0.29, 0.717) is 5.56 Å². The predicted molar refractivity (Wildman–Crippen MR) is 74.6 cm³/mol. The summed E-state index contributed by atoms with van der Waals surface area (Å²) in [7, 11) is 4.04. The predicted octanol–water partition coefficient (Wildman–Crippen LogP) is 1.86. The molecule has 5 nitrogen and oxygen atoms in total. The first kappa shape index (κ1) is 13.5. The van der Waals surface area contributed by atoms with Crippen molar-refractivity contribution in [2.75, 3.05) is 20.6 Å². The van der Waals surface area contributed by atoms with Gasteiger partial charge in [-0.2, -0.15) is 0 Å². The molecule has 0 saturated heterocycles. The molecule has 0 atom stereocenters. The number of likely N-dealkylation sites (N-methyl/N-ethyl adjacent to an activating group) is 1. The van der Waals surface area contributed by atoms with Crippen LogP contribution in [0, 0.1) is 0 Å². The fourth-order valence-corrected chi connectivity index (χ4v) is 2.13. The zero-order valence-electron chi connectivity index (χ0n) is 11.6. The van der Waals surface area contributed by atoms with Crippen LogP contribution >= 0.6 is 0 Å². The molecule has 1 aromatic heterocycles. The van der Waals surface area contributed by atoms with Gasteiger partial charge in [-0.25, -0.2) is 9.78 Å². The van der Waals surface area contributed by atoms with Gasteiger partial charge in [0.05, 0.1) is 16.6 Å². The number of carboxylic acids is 1. The van der Waals surface area contributed by atoms with Crippen molar-refractivity contribution in [2.24, 2.45) is 0 Å². The number of carbonyl (C=O) groups is 1. The molecule has 0 spiro atoms. The maximum absolute atomic E-state index is 11.1. The number of hydrogen-bond donors (Lipinski definition) is 1. The van der Waals surface area contributed by atoms with Crippen LogP contribution in [0.2, 0.25) is 0 Å². The van der Waals surface area contributed by atoms with Gasteiger partial charge in [0.15, 0.2) is 0 Å². The average molecular weight is 261 g/mol. The lowest BCUT2D eigenvalue weighted by atomic mass is 10.2. The number of imidazole rings is 1. The number of carboxylic acid groups (broad SMARTS) is 1. The van der Waals surface area contributed by atoms with Crippen LogP contribution in [0.3, 0.4) is 0 Å². The minimum atomic E-state index is -0.902. The summed E-state index contributed by atoms with van der Waals surface area (Å²) in [6.07, 6.45) is 0.838. The Morgan fingerprint density at radius 1 is 1.42 bits per heavy atom. The molecule has 0 bridgehead atoms. The number of fused-ring (bicyclic) bond motifs is 1. The molecule has 0 saturated carbocycles. The molecular formula is C14H19N3O2. The molecule has 102 valence electrons. The summed E-state index contributed by atoms with van der Waals surface area (Å²) in [6.45, 7) is 3.77. The summed E-state index contributed by atoms with van der Waals surface area (Å²) in [4.78, 5) is 17.7. The fourth-order valence-electron chi connectivity index (χ4n) is 2.13. The van der Waals surface area contributed by atoms with Crippen LogP contribution in [0.1, 0.15) is 23.1 Å². The molecule has 0 aliphatic rings. The van der Waals surface area contributed by atoms with Gasteiger partial charge in [0.1, 0.15) is 5.82 Å². The first-order chi connectivity index (χ1) is 9.02. The number of benzene rings is 1. The van der Waals surface area contributed by atoms with E-state index in [1.54, 1.807) is 18.2 Å². The van der Waals surface area contributed by atoms with E-state index < -0.39 is 5.97 Å². The largest absolute Gasteiger partial charge is 0.478 e. The van der Waals surface area contributed by atoms with Crippen molar-refractivity contribution in [1.29, 1.82) is 0 Å². The van der Waals surface area contributed by atoms with Crippen molar-refractivity contribution >= 4 is 17.0 Å². The van der Waals surface area contributed by atoms with Crippen molar-refractivity contribution in [3.8, 4) is 0 Å². The third kappa shape index (κ3) is 2.76. The summed E-state index contributed by atoms with van der Waals surface area (Å²) in [5.74, 6) is 0.0969. The van der Waals surface area contributed by atoms with E-state index in [2.05, 4.69) is 21.4 Å². The van der Waals surface area contributed by atoms with E-state index in [9.17, 15) is 4.79 Å². The Morgan fingerprint density at radius 3 is 2.74 bits per heavy atom. The molecule has 19 heavy (non-hydrogen) atoms. The number of aryl methyl sites for hydroxylation is 1. The van der Waals surface area contributed by atoms with Crippen LogP contribution < -0.4 is 0 Å². The Morgan fingerprint density at radius 2 is 2.16 bits per heavy atom. The van der Waals surface area contributed by atoms with E-state index in [0.717, 1.165) is 36.4 Å². The van der Waals surface area contributed by atoms with Gasteiger partial charge in [-0.15, -0.1) is 0 Å². The average Bonchev–Trinajstić information content (AvgIpc) is 2.72. The highest BCUT2D eigenvalue weighted by atomic mass is 16.4. The van der Waals surface area contributed by atoms with Gasteiger partial charge in [0.25, 0.3) is 0 Å². The summed E-state index contributed by atoms with van der Waals surface area (Å²) < 4.78 is 2.11. The zero-order chi connectivity index (χ0) is 14.0. The van der Waals surface area contributed by atoms with Crippen molar-refractivity contribution in [3.05, 3.63) is 29.6 Å². The van der Waals surface area contributed by atoms with Gasteiger partial charge in [-0.1, -0.05) is 6.92 Å². The minimum absolute atomic E-state index is 0.307. The number of hydrogen-bond acceptors (Lipinski definition) is 3. The topological polar surface area (TPSA) is 58.4 Å². The minimum Gasteiger partial charge on any atom is -0.478 e. The Balaban J connectivity index is 2.50. The molecule has 0 unspecified atom stereocenters. The van der Waals surface area contributed by atoms with E-state index in [4.69, 9.17) is 5.11 Å². The SMILES string of the molecule is CCc1nc2ccc(C(=O)O)cc2n1CCN(C)C. The van der Waals surface area contributed by atoms with Crippen LogP contribution in [0.4, 0.5) is 0 Å². The van der Waals surface area contributed by atoms with E-state index in [1.807, 2.05) is 14.1 Å². The quantitative estimate of drug-likeness (QED) is 0.892. The molecule has 1 N–H and O–H groups in total. The third-order valence-electron chi connectivity index (χ3n) is 3.16. The van der Waals surface area contributed by atoms with Crippen LogP contribution in [-0.2, 0) is 13.0 Å². The molecular weight excluding hydrogens is 242 g/mol. The maximum Gasteiger partial charge on any atom is 0.335 e. The van der Waals surface area contributed by atoms with Crippen LogP contribution in [0.5, 0.6) is 0 Å². The van der Waals surface area contributed by atoms with Gasteiger partial charge < -0.3 is 14.6 Å². The standard InChI is InChI=1S/C14H19N3O2/c1-4-13-15-11-6-5-10(14(18)19)9-12(11)17(13)8-7-16(2)3/h5-6,9H,4,7-8H2,1-3H3,(H,18,19). The molecule has 0 radical (unpaired) electrons. The molecule has 1 heterocycles. The lowest BCUT2D eigenvalue weighted by Crippen LogP contribution is -2.19. The molecule has 2 aromatic rings. The maximum atomic E-state index is 11.1. The smallest absolute Gasteiger partial charge is 0.335 e. The highest BCUT2D eigenvalue weighted by Crippen LogP contribution is 2.18.